The largest absolute Gasteiger partial charge is 0.495 e. The molecule has 1 heterocycles. The molecule has 0 unspecified atom stereocenters. The maximum absolute atomic E-state index is 14.4. The SMILES string of the molecule is CCOC(=O)c1ccc(NC(=O)c2ccc3c(c2)N(S(=O)(=O)c2cc(Cl)ccc2OC)CCO3)cc1F. The molecule has 37 heavy (non-hydrogen) atoms. The first-order valence-electron chi connectivity index (χ1n) is 11.1. The summed E-state index contributed by atoms with van der Waals surface area (Å²) in [6.07, 6.45) is 0. The van der Waals surface area contributed by atoms with Crippen molar-refractivity contribution in [1.29, 1.82) is 0 Å². The van der Waals surface area contributed by atoms with Crippen LogP contribution in [0.15, 0.2) is 59.5 Å². The van der Waals surface area contributed by atoms with E-state index in [1.54, 1.807) is 6.92 Å². The van der Waals surface area contributed by atoms with Crippen LogP contribution in [0.2, 0.25) is 5.02 Å². The van der Waals surface area contributed by atoms with E-state index in [-0.39, 0.29) is 63.7 Å². The van der Waals surface area contributed by atoms with Gasteiger partial charge in [0.2, 0.25) is 0 Å². The molecule has 3 aromatic carbocycles. The fourth-order valence-electron chi connectivity index (χ4n) is 3.73. The first-order valence-corrected chi connectivity index (χ1v) is 12.9. The van der Waals surface area contributed by atoms with Gasteiger partial charge in [0.15, 0.2) is 0 Å². The average molecular weight is 549 g/mol. The number of benzene rings is 3. The second kappa shape index (κ2) is 10.7. The van der Waals surface area contributed by atoms with Crippen molar-refractivity contribution in [3.8, 4) is 11.5 Å². The van der Waals surface area contributed by atoms with Gasteiger partial charge in [-0.15, -0.1) is 0 Å². The minimum Gasteiger partial charge on any atom is -0.495 e. The molecule has 194 valence electrons. The Morgan fingerprint density at radius 1 is 1.14 bits per heavy atom. The molecule has 0 aliphatic carbocycles. The van der Waals surface area contributed by atoms with Gasteiger partial charge >= 0.3 is 5.97 Å². The van der Waals surface area contributed by atoms with Crippen molar-refractivity contribution in [2.24, 2.45) is 0 Å². The van der Waals surface area contributed by atoms with E-state index >= 15 is 0 Å². The fraction of sp³-hybridized carbons (Fsp3) is 0.200. The molecule has 0 fully saturated rings. The molecular weight excluding hydrogens is 527 g/mol. The van der Waals surface area contributed by atoms with Crippen LogP contribution in [0.4, 0.5) is 15.8 Å². The topological polar surface area (TPSA) is 111 Å². The molecule has 1 aliphatic heterocycles. The molecular formula is C25H22ClFN2O7S. The van der Waals surface area contributed by atoms with Gasteiger partial charge < -0.3 is 19.5 Å². The summed E-state index contributed by atoms with van der Waals surface area (Å²) in [6.45, 7) is 1.77. The van der Waals surface area contributed by atoms with Gasteiger partial charge in [-0.2, -0.15) is 0 Å². The van der Waals surface area contributed by atoms with Crippen LogP contribution in [0.5, 0.6) is 11.5 Å². The van der Waals surface area contributed by atoms with Crippen LogP contribution in [0, 0.1) is 5.82 Å². The number of hydrogen-bond donors (Lipinski definition) is 1. The second-order valence-corrected chi connectivity index (χ2v) is 10.0. The number of hydrogen-bond acceptors (Lipinski definition) is 7. The zero-order valence-corrected chi connectivity index (χ0v) is 21.4. The van der Waals surface area contributed by atoms with Gasteiger partial charge in [-0.05, 0) is 61.5 Å². The predicted molar refractivity (Wildman–Crippen MR) is 135 cm³/mol. The van der Waals surface area contributed by atoms with Gasteiger partial charge in [0.05, 0.1) is 31.5 Å². The molecule has 1 amide bonds. The summed E-state index contributed by atoms with van der Waals surface area (Å²) in [4.78, 5) is 24.6. The number of carbonyl (C=O) groups is 2. The molecule has 0 aromatic heterocycles. The molecule has 1 N–H and O–H groups in total. The van der Waals surface area contributed by atoms with Crippen LogP contribution < -0.4 is 19.1 Å². The van der Waals surface area contributed by atoms with E-state index in [1.807, 2.05) is 0 Å². The van der Waals surface area contributed by atoms with Crippen LogP contribution >= 0.6 is 11.6 Å². The standard InChI is InChI=1S/C25H22ClFN2O7S/c1-3-35-25(31)18-7-6-17(14-19(18)27)28-24(30)15-4-8-21-20(12-15)29(10-11-36-21)37(32,33)23-13-16(26)5-9-22(23)34-2/h4-9,12-14H,3,10-11H2,1-2H3,(H,28,30). The zero-order valence-electron chi connectivity index (χ0n) is 19.8. The summed E-state index contributed by atoms with van der Waals surface area (Å²) in [5.74, 6) is -1.93. The molecule has 1 aliphatic rings. The number of methoxy groups -OCH3 is 1. The summed E-state index contributed by atoms with van der Waals surface area (Å²) in [6, 6.07) is 12.1. The summed E-state index contributed by atoms with van der Waals surface area (Å²) in [5.41, 5.74) is 0.0721. The molecule has 0 atom stereocenters. The third-order valence-corrected chi connectivity index (χ3v) is 7.53. The fourth-order valence-corrected chi connectivity index (χ4v) is 5.60. The Balaban J connectivity index is 1.64. The molecule has 0 spiro atoms. The van der Waals surface area contributed by atoms with E-state index in [0.29, 0.717) is 0 Å². The molecule has 0 bridgehead atoms. The van der Waals surface area contributed by atoms with E-state index in [2.05, 4.69) is 5.32 Å². The molecule has 12 heteroatoms. The highest BCUT2D eigenvalue weighted by atomic mass is 35.5. The van der Waals surface area contributed by atoms with Crippen molar-refractivity contribution in [3.05, 3.63) is 76.6 Å². The normalized spacial score (nSPS) is 12.8. The summed E-state index contributed by atoms with van der Waals surface area (Å²) >= 11 is 6.05. The Kier molecular flexibility index (Phi) is 7.55. The number of rotatable bonds is 7. The maximum Gasteiger partial charge on any atom is 0.341 e. The lowest BCUT2D eigenvalue weighted by Crippen LogP contribution is -2.38. The second-order valence-electron chi connectivity index (χ2n) is 7.77. The minimum absolute atomic E-state index is 0.0173. The van der Waals surface area contributed by atoms with Gasteiger partial charge in [0, 0.05) is 16.3 Å². The van der Waals surface area contributed by atoms with Crippen LogP contribution in [-0.2, 0) is 14.8 Å². The monoisotopic (exact) mass is 548 g/mol. The first-order chi connectivity index (χ1) is 17.6. The van der Waals surface area contributed by atoms with Gasteiger partial charge in [0.1, 0.15) is 28.8 Å². The number of nitrogens with one attached hydrogen (secondary N) is 1. The lowest BCUT2D eigenvalue weighted by molar-refractivity contribution is 0.0521. The van der Waals surface area contributed by atoms with Crippen molar-refractivity contribution in [1.82, 2.24) is 0 Å². The highest BCUT2D eigenvalue weighted by molar-refractivity contribution is 7.93. The van der Waals surface area contributed by atoms with Crippen molar-refractivity contribution in [2.45, 2.75) is 11.8 Å². The summed E-state index contributed by atoms with van der Waals surface area (Å²) in [5, 5.41) is 2.75. The quantitative estimate of drug-likeness (QED) is 0.433. The maximum atomic E-state index is 14.4. The van der Waals surface area contributed by atoms with Crippen LogP contribution in [0.1, 0.15) is 27.6 Å². The third kappa shape index (κ3) is 5.32. The highest BCUT2D eigenvalue weighted by Crippen LogP contribution is 2.39. The van der Waals surface area contributed by atoms with E-state index in [9.17, 15) is 22.4 Å². The number of fused-ring (bicyclic) bond motifs is 1. The Labute approximate surface area is 217 Å². The third-order valence-electron chi connectivity index (χ3n) is 5.46. The molecule has 0 saturated carbocycles. The Morgan fingerprint density at radius 2 is 1.92 bits per heavy atom. The molecule has 3 aromatic rings. The van der Waals surface area contributed by atoms with E-state index < -0.39 is 27.7 Å². The van der Waals surface area contributed by atoms with E-state index in [4.69, 9.17) is 25.8 Å². The van der Waals surface area contributed by atoms with Crippen molar-refractivity contribution in [2.75, 3.05) is 36.5 Å². The lowest BCUT2D eigenvalue weighted by atomic mass is 10.1. The number of nitrogens with zero attached hydrogens (tertiary/aromatic N) is 1. The average Bonchev–Trinajstić information content (AvgIpc) is 2.88. The number of esters is 1. The highest BCUT2D eigenvalue weighted by Gasteiger charge is 2.33. The Bertz CT molecular complexity index is 1480. The number of sulfonamides is 1. The summed E-state index contributed by atoms with van der Waals surface area (Å²) in [7, 11) is -2.80. The van der Waals surface area contributed by atoms with Gasteiger partial charge in [0.25, 0.3) is 15.9 Å². The molecule has 4 rings (SSSR count). The van der Waals surface area contributed by atoms with Gasteiger partial charge in [-0.3, -0.25) is 9.10 Å². The minimum atomic E-state index is -4.15. The smallest absolute Gasteiger partial charge is 0.341 e. The number of halogens is 2. The zero-order chi connectivity index (χ0) is 26.7. The van der Waals surface area contributed by atoms with Crippen LogP contribution in [-0.4, -0.2) is 47.2 Å². The van der Waals surface area contributed by atoms with E-state index in [0.717, 1.165) is 10.4 Å². The number of carbonyl (C=O) groups excluding carboxylic acids is 2. The van der Waals surface area contributed by atoms with Gasteiger partial charge in [-0.25, -0.2) is 17.6 Å². The molecule has 9 nitrogen and oxygen atoms in total. The first kappa shape index (κ1) is 26.2. The van der Waals surface area contributed by atoms with Crippen molar-refractivity contribution in [3.63, 3.8) is 0 Å². The van der Waals surface area contributed by atoms with Gasteiger partial charge in [-0.1, -0.05) is 11.6 Å². The lowest BCUT2D eigenvalue weighted by Gasteiger charge is -2.31. The van der Waals surface area contributed by atoms with Crippen molar-refractivity contribution >= 4 is 44.9 Å². The Morgan fingerprint density at radius 3 is 2.62 bits per heavy atom. The van der Waals surface area contributed by atoms with Crippen molar-refractivity contribution < 1.29 is 36.6 Å². The van der Waals surface area contributed by atoms with E-state index in [1.165, 1.54) is 55.6 Å². The number of amides is 1. The van der Waals surface area contributed by atoms with Crippen LogP contribution in [0.25, 0.3) is 0 Å². The molecule has 0 radical (unpaired) electrons. The molecule has 0 saturated heterocycles. The summed E-state index contributed by atoms with van der Waals surface area (Å²) < 4.78 is 58.3. The number of anilines is 2. The number of ether oxygens (including phenoxy) is 3. The Hall–Kier alpha value is -3.83. The van der Waals surface area contributed by atoms with Crippen LogP contribution in [0.3, 0.4) is 0 Å². The predicted octanol–water partition coefficient (Wildman–Crippen LogP) is 4.50.